The summed E-state index contributed by atoms with van der Waals surface area (Å²) in [5.41, 5.74) is 0.227. The van der Waals surface area contributed by atoms with Crippen molar-refractivity contribution in [2.45, 2.75) is 12.1 Å². The van der Waals surface area contributed by atoms with E-state index < -0.39 is 18.7 Å². The maximum Gasteiger partial charge on any atom is 0.456 e. The van der Waals surface area contributed by atoms with Crippen molar-refractivity contribution in [2.24, 2.45) is 0 Å². The average molecular weight is 333 g/mol. The molecular formula is C10H6BrF5O2. The molecule has 0 amide bonds. The first-order chi connectivity index (χ1) is 8.17. The molecule has 0 radical (unpaired) electrons. The van der Waals surface area contributed by atoms with Crippen LogP contribution in [0.3, 0.4) is 0 Å². The third-order valence-electron chi connectivity index (χ3n) is 1.93. The van der Waals surface area contributed by atoms with Crippen molar-refractivity contribution in [3.05, 3.63) is 28.2 Å². The van der Waals surface area contributed by atoms with E-state index in [-0.39, 0.29) is 15.8 Å². The highest BCUT2D eigenvalue weighted by Gasteiger charge is 2.58. The van der Waals surface area contributed by atoms with E-state index >= 15 is 0 Å². The maximum absolute atomic E-state index is 12.5. The van der Waals surface area contributed by atoms with Gasteiger partial charge in [0.15, 0.2) is 12.9 Å². The molecule has 0 aliphatic heterocycles. The van der Waals surface area contributed by atoms with Crippen LogP contribution in [0.5, 0.6) is 5.75 Å². The molecule has 0 bridgehead atoms. The molecule has 1 rings (SSSR count). The fraction of sp³-hybridized carbons (Fsp3) is 0.300. The normalized spacial score (nSPS) is 12.3. The highest BCUT2D eigenvalue weighted by Crippen LogP contribution is 2.36. The Bertz CT molecular complexity index is 444. The second-order valence-electron chi connectivity index (χ2n) is 3.29. The van der Waals surface area contributed by atoms with E-state index in [1.807, 2.05) is 0 Å². The molecular weight excluding hydrogens is 327 g/mol. The first-order valence-corrected chi connectivity index (χ1v) is 5.29. The summed E-state index contributed by atoms with van der Waals surface area (Å²) in [6.07, 6.45) is -5.16. The molecule has 0 aliphatic carbocycles. The van der Waals surface area contributed by atoms with Gasteiger partial charge in [0, 0.05) is 10.0 Å². The van der Waals surface area contributed by atoms with Gasteiger partial charge in [0.25, 0.3) is 0 Å². The third-order valence-corrected chi connectivity index (χ3v) is 2.62. The molecule has 0 N–H and O–H groups in total. The first kappa shape index (κ1) is 14.9. The number of alkyl halides is 5. The van der Waals surface area contributed by atoms with Crippen LogP contribution in [0.15, 0.2) is 22.7 Å². The van der Waals surface area contributed by atoms with Crippen molar-refractivity contribution in [1.29, 1.82) is 0 Å². The molecule has 0 fully saturated rings. The van der Waals surface area contributed by atoms with Crippen LogP contribution in [0.2, 0.25) is 0 Å². The van der Waals surface area contributed by atoms with Crippen LogP contribution in [0.25, 0.3) is 0 Å². The summed E-state index contributed by atoms with van der Waals surface area (Å²) in [5.74, 6) is -5.13. The second-order valence-corrected chi connectivity index (χ2v) is 4.15. The number of hydrogen-bond donors (Lipinski definition) is 0. The van der Waals surface area contributed by atoms with Crippen molar-refractivity contribution >= 4 is 22.2 Å². The second kappa shape index (κ2) is 5.21. The Balaban J connectivity index is 2.76. The lowest BCUT2D eigenvalue weighted by atomic mass is 10.2. The smallest absolute Gasteiger partial charge is 0.456 e. The van der Waals surface area contributed by atoms with Crippen LogP contribution in [0.1, 0.15) is 10.4 Å². The number of ether oxygens (including phenoxy) is 1. The van der Waals surface area contributed by atoms with Crippen LogP contribution < -0.4 is 4.74 Å². The molecule has 0 saturated heterocycles. The van der Waals surface area contributed by atoms with E-state index in [9.17, 15) is 26.7 Å². The monoisotopic (exact) mass is 332 g/mol. The molecule has 0 heterocycles. The molecule has 0 saturated carbocycles. The van der Waals surface area contributed by atoms with Gasteiger partial charge in [-0.05, 0) is 34.1 Å². The van der Waals surface area contributed by atoms with E-state index in [1.165, 1.54) is 6.07 Å². The van der Waals surface area contributed by atoms with Crippen molar-refractivity contribution in [1.82, 2.24) is 0 Å². The fourth-order valence-electron chi connectivity index (χ4n) is 0.949. The number of hydrogen-bond acceptors (Lipinski definition) is 2. The number of aldehydes is 1. The van der Waals surface area contributed by atoms with Crippen molar-refractivity contribution in [3.8, 4) is 5.75 Å². The van der Waals surface area contributed by atoms with Gasteiger partial charge in [-0.15, -0.1) is 0 Å². The Morgan fingerprint density at radius 2 is 1.83 bits per heavy atom. The Labute approximate surface area is 107 Å². The quantitative estimate of drug-likeness (QED) is 0.618. The van der Waals surface area contributed by atoms with E-state index in [0.717, 1.165) is 12.1 Å². The van der Waals surface area contributed by atoms with E-state index in [2.05, 4.69) is 20.7 Å². The lowest BCUT2D eigenvalue weighted by molar-refractivity contribution is -0.290. The van der Waals surface area contributed by atoms with E-state index in [0.29, 0.717) is 6.29 Å². The predicted molar refractivity (Wildman–Crippen MR) is 56.0 cm³/mol. The summed E-state index contributed by atoms with van der Waals surface area (Å²) in [4.78, 5) is 10.4. The van der Waals surface area contributed by atoms with Crippen LogP contribution >= 0.6 is 15.9 Å². The lowest BCUT2D eigenvalue weighted by Crippen LogP contribution is -2.41. The van der Waals surface area contributed by atoms with Crippen LogP contribution in [0.4, 0.5) is 22.0 Å². The molecule has 100 valence electrons. The predicted octanol–water partition coefficient (Wildman–Crippen LogP) is 3.84. The summed E-state index contributed by atoms with van der Waals surface area (Å²) < 4.78 is 65.2. The summed E-state index contributed by atoms with van der Waals surface area (Å²) in [7, 11) is 0. The molecule has 0 atom stereocenters. The van der Waals surface area contributed by atoms with Crippen LogP contribution in [-0.2, 0) is 0 Å². The maximum atomic E-state index is 12.5. The zero-order valence-corrected chi connectivity index (χ0v) is 10.2. The van der Waals surface area contributed by atoms with Gasteiger partial charge in [-0.25, -0.2) is 0 Å². The zero-order chi connectivity index (χ0) is 14.0. The summed E-state index contributed by atoms with van der Waals surface area (Å²) >= 11 is 2.95. The molecule has 0 spiro atoms. The van der Waals surface area contributed by atoms with Crippen molar-refractivity contribution in [3.63, 3.8) is 0 Å². The topological polar surface area (TPSA) is 26.3 Å². The minimum atomic E-state index is -5.66. The lowest BCUT2D eigenvalue weighted by Gasteiger charge is -2.19. The average Bonchev–Trinajstić information content (AvgIpc) is 2.25. The Morgan fingerprint density at radius 1 is 1.22 bits per heavy atom. The van der Waals surface area contributed by atoms with Crippen LogP contribution in [0, 0.1) is 0 Å². The third kappa shape index (κ3) is 3.41. The molecule has 0 aliphatic rings. The molecule has 0 aromatic heterocycles. The van der Waals surface area contributed by atoms with Gasteiger partial charge in [-0.3, -0.25) is 4.79 Å². The first-order valence-electron chi connectivity index (χ1n) is 4.49. The number of halogens is 6. The SMILES string of the molecule is O=Cc1ccc(OCC(F)(F)C(F)(F)F)cc1Br. The number of rotatable bonds is 4. The summed E-state index contributed by atoms with van der Waals surface area (Å²) in [5, 5.41) is 0. The van der Waals surface area contributed by atoms with Gasteiger partial charge in [-0.1, -0.05) is 0 Å². The number of carbonyl (C=O) groups is 1. The van der Waals surface area contributed by atoms with Crippen molar-refractivity contribution in [2.75, 3.05) is 6.61 Å². The molecule has 2 nitrogen and oxygen atoms in total. The Morgan fingerprint density at radius 3 is 2.28 bits per heavy atom. The van der Waals surface area contributed by atoms with Gasteiger partial charge in [0.2, 0.25) is 0 Å². The van der Waals surface area contributed by atoms with Crippen LogP contribution in [-0.4, -0.2) is 25.0 Å². The Kier molecular flexibility index (Phi) is 4.31. The minimum absolute atomic E-state index is 0.198. The highest BCUT2D eigenvalue weighted by molar-refractivity contribution is 9.10. The summed E-state index contributed by atoms with van der Waals surface area (Å²) in [6.45, 7) is -1.82. The van der Waals surface area contributed by atoms with E-state index in [1.54, 1.807) is 0 Å². The van der Waals surface area contributed by atoms with Gasteiger partial charge in [0.05, 0.1) is 0 Å². The van der Waals surface area contributed by atoms with Crippen molar-refractivity contribution < 1.29 is 31.5 Å². The number of carbonyl (C=O) groups excluding carboxylic acids is 1. The molecule has 18 heavy (non-hydrogen) atoms. The zero-order valence-electron chi connectivity index (χ0n) is 8.60. The summed E-state index contributed by atoms with van der Waals surface area (Å²) in [6, 6.07) is 3.50. The van der Waals surface area contributed by atoms with Gasteiger partial charge < -0.3 is 4.74 Å². The fourth-order valence-corrected chi connectivity index (χ4v) is 1.40. The molecule has 8 heteroatoms. The van der Waals surface area contributed by atoms with E-state index in [4.69, 9.17) is 0 Å². The van der Waals surface area contributed by atoms with Gasteiger partial charge in [-0.2, -0.15) is 22.0 Å². The highest BCUT2D eigenvalue weighted by atomic mass is 79.9. The largest absolute Gasteiger partial charge is 0.487 e. The van der Waals surface area contributed by atoms with Gasteiger partial charge in [0.1, 0.15) is 5.75 Å². The van der Waals surface area contributed by atoms with Gasteiger partial charge >= 0.3 is 12.1 Å². The molecule has 1 aromatic rings. The Hall–Kier alpha value is -1.18. The minimum Gasteiger partial charge on any atom is -0.487 e. The number of benzene rings is 1. The molecule has 1 aromatic carbocycles. The molecule has 0 unspecified atom stereocenters. The standard InChI is InChI=1S/C10H6BrF5O2/c11-8-3-7(2-1-6(8)4-17)18-5-9(12,13)10(14,15)16/h1-4H,5H2.